The van der Waals surface area contributed by atoms with Gasteiger partial charge in [0.25, 0.3) is 5.91 Å². The van der Waals surface area contributed by atoms with E-state index in [4.69, 9.17) is 10.2 Å². The summed E-state index contributed by atoms with van der Waals surface area (Å²) in [5.74, 6) is -0.972. The minimum Gasteiger partial charge on any atom is -0.443 e. The summed E-state index contributed by atoms with van der Waals surface area (Å²) in [5, 5.41) is 5.11. The van der Waals surface area contributed by atoms with Crippen molar-refractivity contribution in [2.24, 2.45) is 5.92 Å². The fourth-order valence-electron chi connectivity index (χ4n) is 4.03. The molecular weight excluding hydrogens is 451 g/mol. The lowest BCUT2D eigenvalue weighted by atomic mass is 9.96. The molecule has 1 aliphatic heterocycles. The highest BCUT2D eigenvalue weighted by molar-refractivity contribution is 6.01. The predicted molar refractivity (Wildman–Crippen MR) is 120 cm³/mol. The number of amides is 2. The highest BCUT2D eigenvalue weighted by atomic mass is 19.4. The minimum absolute atomic E-state index is 0.283. The van der Waals surface area contributed by atoms with Crippen molar-refractivity contribution in [2.45, 2.75) is 19.0 Å². The van der Waals surface area contributed by atoms with Crippen molar-refractivity contribution in [3.8, 4) is 0 Å². The molecule has 1 fully saturated rings. The average Bonchev–Trinajstić information content (AvgIpc) is 3.29. The number of carbonyl (C=O) groups is 2. The van der Waals surface area contributed by atoms with Crippen molar-refractivity contribution in [3.63, 3.8) is 0 Å². The first-order chi connectivity index (χ1) is 16.2. The van der Waals surface area contributed by atoms with Gasteiger partial charge in [-0.05, 0) is 49.1 Å². The van der Waals surface area contributed by atoms with Crippen LogP contribution < -0.4 is 21.3 Å². The Hall–Kier alpha value is -3.76. The summed E-state index contributed by atoms with van der Waals surface area (Å²) < 4.78 is 44.2. The van der Waals surface area contributed by atoms with Crippen LogP contribution in [0.3, 0.4) is 0 Å². The fraction of sp³-hybridized carbons (Fsp3) is 0.348. The molecular formula is C23H24F3N5O3. The van der Waals surface area contributed by atoms with Gasteiger partial charge in [-0.1, -0.05) is 6.07 Å². The first-order valence-electron chi connectivity index (χ1n) is 10.8. The van der Waals surface area contributed by atoms with E-state index in [0.717, 1.165) is 54.9 Å². The van der Waals surface area contributed by atoms with E-state index in [1.807, 2.05) is 18.2 Å². The van der Waals surface area contributed by atoms with Gasteiger partial charge < -0.3 is 25.7 Å². The van der Waals surface area contributed by atoms with Gasteiger partial charge in [-0.3, -0.25) is 9.59 Å². The number of hydrogen-bond donors (Lipinski definition) is 3. The molecule has 180 valence electrons. The number of nitrogens with one attached hydrogen (secondary N) is 2. The first-order valence-corrected chi connectivity index (χ1v) is 10.8. The largest absolute Gasteiger partial charge is 0.443 e. The Morgan fingerprint density at radius 3 is 2.65 bits per heavy atom. The Kier molecular flexibility index (Phi) is 6.62. The number of fused-ring (bicyclic) bond motifs is 1. The van der Waals surface area contributed by atoms with E-state index in [9.17, 15) is 22.8 Å². The molecule has 8 nitrogen and oxygen atoms in total. The lowest BCUT2D eigenvalue weighted by molar-refractivity contribution is -0.137. The molecule has 0 unspecified atom stereocenters. The van der Waals surface area contributed by atoms with Crippen molar-refractivity contribution in [2.75, 3.05) is 36.8 Å². The third-order valence-electron chi connectivity index (χ3n) is 5.95. The molecule has 4 N–H and O–H groups in total. The number of oxazole rings is 1. The maximum atomic E-state index is 13.0. The standard InChI is InChI=1S/C23H24F3N5O3/c24-23(25,26)17-3-1-2-16(21(17)27)22(33)29-12-20(32)28-11-14-6-8-31(9-7-14)15-4-5-19-18(10-15)30-13-34-19/h1-5,10,13-14H,6-9,11-12,27H2,(H,28,32)(H,29,33). The number of hydrogen-bond acceptors (Lipinski definition) is 6. The number of carbonyl (C=O) groups excluding carboxylic acids is 2. The molecule has 1 aliphatic rings. The monoisotopic (exact) mass is 475 g/mol. The van der Waals surface area contributed by atoms with Crippen LogP contribution in [0.2, 0.25) is 0 Å². The molecule has 11 heteroatoms. The second-order valence-corrected chi connectivity index (χ2v) is 8.19. The number of rotatable bonds is 6. The highest BCUT2D eigenvalue weighted by Crippen LogP contribution is 2.34. The molecule has 2 aromatic carbocycles. The van der Waals surface area contributed by atoms with Crippen LogP contribution in [-0.4, -0.2) is 43.0 Å². The third-order valence-corrected chi connectivity index (χ3v) is 5.95. The van der Waals surface area contributed by atoms with Gasteiger partial charge in [0.1, 0.15) is 5.52 Å². The molecule has 0 saturated carbocycles. The zero-order chi connectivity index (χ0) is 24.3. The molecule has 1 aromatic heterocycles. The number of para-hydroxylation sites is 1. The fourth-order valence-corrected chi connectivity index (χ4v) is 4.03. The molecule has 0 spiro atoms. The zero-order valence-corrected chi connectivity index (χ0v) is 18.2. The molecule has 0 aliphatic carbocycles. The van der Waals surface area contributed by atoms with Crippen LogP contribution in [-0.2, 0) is 11.0 Å². The van der Waals surface area contributed by atoms with Crippen LogP contribution in [0.5, 0.6) is 0 Å². The maximum absolute atomic E-state index is 13.0. The van der Waals surface area contributed by atoms with Crippen molar-refractivity contribution >= 4 is 34.3 Å². The third kappa shape index (κ3) is 5.24. The second kappa shape index (κ2) is 9.62. The van der Waals surface area contributed by atoms with Gasteiger partial charge in [0.15, 0.2) is 12.0 Å². The van der Waals surface area contributed by atoms with Crippen molar-refractivity contribution < 1.29 is 27.2 Å². The van der Waals surface area contributed by atoms with Crippen molar-refractivity contribution in [1.29, 1.82) is 0 Å². The number of anilines is 2. The normalized spacial score (nSPS) is 14.9. The van der Waals surface area contributed by atoms with E-state index < -0.39 is 29.2 Å². The number of benzene rings is 2. The minimum atomic E-state index is -4.67. The van der Waals surface area contributed by atoms with Crippen LogP contribution in [0.4, 0.5) is 24.5 Å². The van der Waals surface area contributed by atoms with Gasteiger partial charge >= 0.3 is 6.18 Å². The van der Waals surface area contributed by atoms with Gasteiger partial charge in [-0.2, -0.15) is 13.2 Å². The highest BCUT2D eigenvalue weighted by Gasteiger charge is 2.34. The van der Waals surface area contributed by atoms with Crippen molar-refractivity contribution in [3.05, 3.63) is 53.9 Å². The topological polar surface area (TPSA) is 113 Å². The molecule has 0 bridgehead atoms. The van der Waals surface area contributed by atoms with E-state index >= 15 is 0 Å². The number of nitrogens with zero attached hydrogens (tertiary/aromatic N) is 2. The molecule has 1 saturated heterocycles. The van der Waals surface area contributed by atoms with Crippen LogP contribution in [0.25, 0.3) is 11.1 Å². The lowest BCUT2D eigenvalue weighted by Crippen LogP contribution is -2.42. The Bertz CT molecular complexity index is 1190. The number of nitrogen functional groups attached to an aromatic ring is 1. The molecule has 3 aromatic rings. The molecule has 34 heavy (non-hydrogen) atoms. The summed E-state index contributed by atoms with van der Waals surface area (Å²) in [7, 11) is 0. The SMILES string of the molecule is Nc1c(C(=O)NCC(=O)NCC2CCN(c3ccc4ocnc4c3)CC2)cccc1C(F)(F)F. The van der Waals surface area contributed by atoms with E-state index in [1.165, 1.54) is 12.5 Å². The molecule has 0 radical (unpaired) electrons. The summed E-state index contributed by atoms with van der Waals surface area (Å²) in [6.07, 6.45) is -1.49. The summed E-state index contributed by atoms with van der Waals surface area (Å²) in [5.41, 5.74) is 6.06. The molecule has 2 amide bonds. The van der Waals surface area contributed by atoms with Crippen LogP contribution >= 0.6 is 0 Å². The van der Waals surface area contributed by atoms with E-state index in [-0.39, 0.29) is 18.0 Å². The Labute approximate surface area is 193 Å². The van der Waals surface area contributed by atoms with E-state index in [0.29, 0.717) is 6.54 Å². The van der Waals surface area contributed by atoms with Crippen LogP contribution in [0, 0.1) is 5.92 Å². The molecule has 4 rings (SSSR count). The molecule has 2 heterocycles. The summed E-state index contributed by atoms with van der Waals surface area (Å²) in [6, 6.07) is 8.97. The van der Waals surface area contributed by atoms with Crippen LogP contribution in [0.15, 0.2) is 47.2 Å². The molecule has 0 atom stereocenters. The quantitative estimate of drug-likeness (QED) is 0.472. The Morgan fingerprint density at radius 2 is 1.91 bits per heavy atom. The zero-order valence-electron chi connectivity index (χ0n) is 18.2. The number of piperidine rings is 1. The number of aromatic nitrogens is 1. The Morgan fingerprint density at radius 1 is 1.15 bits per heavy atom. The summed E-state index contributed by atoms with van der Waals surface area (Å²) in [4.78, 5) is 30.8. The van der Waals surface area contributed by atoms with Crippen LogP contribution in [0.1, 0.15) is 28.8 Å². The van der Waals surface area contributed by atoms with E-state index in [2.05, 4.69) is 20.5 Å². The van der Waals surface area contributed by atoms with Gasteiger partial charge in [-0.15, -0.1) is 0 Å². The lowest BCUT2D eigenvalue weighted by Gasteiger charge is -2.33. The number of halogens is 3. The number of alkyl halides is 3. The van der Waals surface area contributed by atoms with Gasteiger partial charge in [0, 0.05) is 25.3 Å². The van der Waals surface area contributed by atoms with Crippen molar-refractivity contribution in [1.82, 2.24) is 15.6 Å². The summed E-state index contributed by atoms with van der Waals surface area (Å²) >= 11 is 0. The number of nitrogens with two attached hydrogens (primary N) is 1. The Balaban J connectivity index is 1.22. The average molecular weight is 475 g/mol. The first kappa shape index (κ1) is 23.4. The summed E-state index contributed by atoms with van der Waals surface area (Å²) in [6.45, 7) is 1.76. The predicted octanol–water partition coefficient (Wildman–Crippen LogP) is 3.19. The second-order valence-electron chi connectivity index (χ2n) is 8.19. The van der Waals surface area contributed by atoms with E-state index in [1.54, 1.807) is 0 Å². The van der Waals surface area contributed by atoms with Gasteiger partial charge in [-0.25, -0.2) is 4.98 Å². The maximum Gasteiger partial charge on any atom is 0.418 e. The van der Waals surface area contributed by atoms with Gasteiger partial charge in [0.2, 0.25) is 5.91 Å². The van der Waals surface area contributed by atoms with Gasteiger partial charge in [0.05, 0.1) is 23.4 Å². The smallest absolute Gasteiger partial charge is 0.418 e.